The lowest BCUT2D eigenvalue weighted by Gasteiger charge is -2.15. The van der Waals surface area contributed by atoms with Crippen molar-refractivity contribution in [1.82, 2.24) is 4.90 Å². The van der Waals surface area contributed by atoms with E-state index in [1.165, 1.54) is 0 Å². The Kier molecular flexibility index (Phi) is 4.51. The fraction of sp³-hybridized carbons (Fsp3) is 0.778. The smallest absolute Gasteiger partial charge is 0.329 e. The third-order valence-electron chi connectivity index (χ3n) is 2.42. The van der Waals surface area contributed by atoms with E-state index in [2.05, 4.69) is 0 Å². The van der Waals surface area contributed by atoms with Gasteiger partial charge in [0, 0.05) is 13.1 Å². The van der Waals surface area contributed by atoms with E-state index in [9.17, 15) is 9.59 Å². The van der Waals surface area contributed by atoms with E-state index >= 15 is 0 Å². The van der Waals surface area contributed by atoms with Gasteiger partial charge in [-0.15, -0.1) is 0 Å². The first-order valence-electron chi connectivity index (χ1n) is 4.91. The van der Waals surface area contributed by atoms with Crippen LogP contribution in [0.25, 0.3) is 0 Å². The Morgan fingerprint density at radius 3 is 2.73 bits per heavy atom. The fourth-order valence-electron chi connectivity index (χ4n) is 1.57. The van der Waals surface area contributed by atoms with Crippen molar-refractivity contribution in [3.8, 4) is 0 Å². The number of hydrogen-bond donors (Lipinski definition) is 2. The van der Waals surface area contributed by atoms with Gasteiger partial charge in [-0.3, -0.25) is 4.79 Å². The molecule has 0 aliphatic carbocycles. The number of nitrogens with two attached hydrogens (primary N) is 1. The maximum absolute atomic E-state index is 11.5. The molecule has 1 saturated heterocycles. The maximum atomic E-state index is 11.5. The summed E-state index contributed by atoms with van der Waals surface area (Å²) in [7, 11) is 0. The van der Waals surface area contributed by atoms with Crippen molar-refractivity contribution in [2.75, 3.05) is 32.8 Å². The van der Waals surface area contributed by atoms with Crippen LogP contribution in [0.15, 0.2) is 0 Å². The zero-order valence-electron chi connectivity index (χ0n) is 8.52. The van der Waals surface area contributed by atoms with Crippen molar-refractivity contribution in [2.45, 2.75) is 6.42 Å². The number of amides is 1. The molecule has 0 spiro atoms. The number of carbonyl (C=O) groups excluding carboxylic acids is 1. The Morgan fingerprint density at radius 2 is 2.20 bits per heavy atom. The molecule has 1 atom stereocenters. The summed E-state index contributed by atoms with van der Waals surface area (Å²) in [4.78, 5) is 23.3. The molecule has 86 valence electrons. The van der Waals surface area contributed by atoms with Crippen LogP contribution in [0.3, 0.4) is 0 Å². The summed E-state index contributed by atoms with van der Waals surface area (Å²) in [5.74, 6) is -0.857. The zero-order valence-corrected chi connectivity index (χ0v) is 8.52. The summed E-state index contributed by atoms with van der Waals surface area (Å²) >= 11 is 0. The molecule has 6 heteroatoms. The van der Waals surface area contributed by atoms with Gasteiger partial charge in [0.2, 0.25) is 5.91 Å². The molecular weight excluding hydrogens is 200 g/mol. The van der Waals surface area contributed by atoms with Gasteiger partial charge in [0.15, 0.2) is 0 Å². The molecule has 0 radical (unpaired) electrons. The Morgan fingerprint density at radius 1 is 1.47 bits per heavy atom. The first kappa shape index (κ1) is 11.9. The number of nitrogens with zero attached hydrogens (tertiary/aromatic N) is 1. The summed E-state index contributed by atoms with van der Waals surface area (Å²) in [5.41, 5.74) is 5.49. The van der Waals surface area contributed by atoms with Crippen LogP contribution in [0, 0.1) is 5.92 Å². The van der Waals surface area contributed by atoms with Crippen LogP contribution in [-0.2, 0) is 14.3 Å². The van der Waals surface area contributed by atoms with Gasteiger partial charge in [-0.25, -0.2) is 4.79 Å². The van der Waals surface area contributed by atoms with Gasteiger partial charge in [-0.05, 0) is 18.9 Å². The van der Waals surface area contributed by atoms with Gasteiger partial charge in [-0.1, -0.05) is 0 Å². The second-order valence-corrected chi connectivity index (χ2v) is 3.62. The SMILES string of the molecule is NCC1CCN(C(=O)COCC(=O)O)C1. The van der Waals surface area contributed by atoms with Crippen LogP contribution in [0.2, 0.25) is 0 Å². The van der Waals surface area contributed by atoms with Crippen LogP contribution in [0.5, 0.6) is 0 Å². The number of rotatable bonds is 5. The lowest BCUT2D eigenvalue weighted by atomic mass is 10.1. The van der Waals surface area contributed by atoms with Gasteiger partial charge >= 0.3 is 5.97 Å². The van der Waals surface area contributed by atoms with Gasteiger partial charge in [0.05, 0.1) is 0 Å². The molecule has 3 N–H and O–H groups in total. The number of likely N-dealkylation sites (tertiary alicyclic amines) is 1. The summed E-state index contributed by atoms with van der Waals surface area (Å²) in [6.45, 7) is 1.34. The van der Waals surface area contributed by atoms with Gasteiger partial charge in [0.1, 0.15) is 13.2 Å². The van der Waals surface area contributed by atoms with Crippen molar-refractivity contribution in [2.24, 2.45) is 11.7 Å². The van der Waals surface area contributed by atoms with Gasteiger partial charge < -0.3 is 20.5 Å². The van der Waals surface area contributed by atoms with E-state index in [4.69, 9.17) is 15.6 Å². The number of carboxylic acids is 1. The molecule has 1 aliphatic rings. The minimum Gasteiger partial charge on any atom is -0.480 e. The van der Waals surface area contributed by atoms with E-state index in [1.54, 1.807) is 4.90 Å². The van der Waals surface area contributed by atoms with E-state index < -0.39 is 12.6 Å². The van der Waals surface area contributed by atoms with Crippen molar-refractivity contribution < 1.29 is 19.4 Å². The molecule has 1 aliphatic heterocycles. The molecule has 1 unspecified atom stereocenters. The average Bonchev–Trinajstić information content (AvgIpc) is 2.65. The van der Waals surface area contributed by atoms with Gasteiger partial charge in [0.25, 0.3) is 0 Å². The second kappa shape index (κ2) is 5.67. The van der Waals surface area contributed by atoms with Crippen LogP contribution >= 0.6 is 0 Å². The first-order valence-corrected chi connectivity index (χ1v) is 4.91. The van der Waals surface area contributed by atoms with E-state index in [0.717, 1.165) is 6.42 Å². The highest BCUT2D eigenvalue weighted by atomic mass is 16.5. The molecule has 1 heterocycles. The number of hydrogen-bond acceptors (Lipinski definition) is 4. The van der Waals surface area contributed by atoms with Crippen molar-refractivity contribution in [1.29, 1.82) is 0 Å². The summed E-state index contributed by atoms with van der Waals surface area (Å²) in [5, 5.41) is 8.31. The van der Waals surface area contributed by atoms with Crippen LogP contribution < -0.4 is 5.73 Å². The molecule has 0 bridgehead atoms. The summed E-state index contributed by atoms with van der Waals surface area (Å²) < 4.78 is 4.72. The van der Waals surface area contributed by atoms with E-state index in [0.29, 0.717) is 25.6 Å². The molecule has 0 aromatic heterocycles. The van der Waals surface area contributed by atoms with E-state index in [1.807, 2.05) is 0 Å². The molecule has 6 nitrogen and oxygen atoms in total. The number of carbonyl (C=O) groups is 2. The highest BCUT2D eigenvalue weighted by molar-refractivity contribution is 5.78. The van der Waals surface area contributed by atoms with Crippen molar-refractivity contribution in [3.63, 3.8) is 0 Å². The largest absolute Gasteiger partial charge is 0.480 e. The maximum Gasteiger partial charge on any atom is 0.329 e. The van der Waals surface area contributed by atoms with Crippen molar-refractivity contribution in [3.05, 3.63) is 0 Å². The molecule has 1 fully saturated rings. The van der Waals surface area contributed by atoms with Crippen LogP contribution in [-0.4, -0.2) is 54.7 Å². The number of carboxylic acid groups (broad SMARTS) is 1. The monoisotopic (exact) mass is 216 g/mol. The molecule has 0 saturated carbocycles. The zero-order chi connectivity index (χ0) is 11.3. The fourth-order valence-corrected chi connectivity index (χ4v) is 1.57. The average molecular weight is 216 g/mol. The quantitative estimate of drug-likeness (QED) is 0.608. The molecule has 0 aromatic carbocycles. The minimum absolute atomic E-state index is 0.160. The van der Waals surface area contributed by atoms with E-state index in [-0.39, 0.29) is 12.5 Å². The lowest BCUT2D eigenvalue weighted by Crippen LogP contribution is -2.33. The molecule has 15 heavy (non-hydrogen) atoms. The normalized spacial score (nSPS) is 20.6. The highest BCUT2D eigenvalue weighted by Crippen LogP contribution is 2.14. The Balaban J connectivity index is 2.20. The Hall–Kier alpha value is -1.14. The molecule has 0 aromatic rings. The topological polar surface area (TPSA) is 92.9 Å². The summed E-state index contributed by atoms with van der Waals surface area (Å²) in [6.07, 6.45) is 0.918. The van der Waals surface area contributed by atoms with Crippen molar-refractivity contribution >= 4 is 11.9 Å². The third-order valence-corrected chi connectivity index (χ3v) is 2.42. The molecular formula is C9H16N2O4. The molecule has 1 amide bonds. The summed E-state index contributed by atoms with van der Waals surface area (Å²) in [6, 6.07) is 0. The first-order chi connectivity index (χ1) is 7.13. The third kappa shape index (κ3) is 3.85. The second-order valence-electron chi connectivity index (χ2n) is 3.62. The Bertz CT molecular complexity index is 244. The number of aliphatic carboxylic acids is 1. The standard InChI is InChI=1S/C9H16N2O4/c10-3-7-1-2-11(4-7)8(12)5-15-6-9(13)14/h7H,1-6,10H2,(H,13,14). The highest BCUT2D eigenvalue weighted by Gasteiger charge is 2.24. The van der Waals surface area contributed by atoms with Crippen LogP contribution in [0.4, 0.5) is 0 Å². The van der Waals surface area contributed by atoms with Gasteiger partial charge in [-0.2, -0.15) is 0 Å². The lowest BCUT2D eigenvalue weighted by molar-refractivity contribution is -0.145. The predicted molar refractivity (Wildman–Crippen MR) is 52.2 cm³/mol. The number of ether oxygens (including phenoxy) is 1. The minimum atomic E-state index is -1.07. The predicted octanol–water partition coefficient (Wildman–Crippen LogP) is -1.11. The molecule has 1 rings (SSSR count). The van der Waals surface area contributed by atoms with Crippen LogP contribution in [0.1, 0.15) is 6.42 Å². The Labute approximate surface area is 88.0 Å².